The van der Waals surface area contributed by atoms with E-state index in [0.717, 1.165) is 18.7 Å². The van der Waals surface area contributed by atoms with E-state index in [2.05, 4.69) is 81.1 Å². The van der Waals surface area contributed by atoms with Crippen LogP contribution in [-0.4, -0.2) is 46.1 Å². The predicted molar refractivity (Wildman–Crippen MR) is 123 cm³/mol. The molecule has 6 heteroatoms. The molecule has 1 N–H and O–H groups in total. The number of hydrazone groups is 1. The summed E-state index contributed by atoms with van der Waals surface area (Å²) in [4.78, 5) is 18.5. The van der Waals surface area contributed by atoms with E-state index in [0.29, 0.717) is 11.0 Å². The molecule has 4 rings (SSSR count). The lowest BCUT2D eigenvalue weighted by Crippen LogP contribution is -2.51. The Morgan fingerprint density at radius 3 is 2.33 bits per heavy atom. The topological polar surface area (TPSA) is 57.6 Å². The summed E-state index contributed by atoms with van der Waals surface area (Å²) in [5, 5.41) is 4.45. The highest BCUT2D eigenvalue weighted by molar-refractivity contribution is 8.00. The number of likely N-dealkylation sites (tertiary alicyclic amines) is 1. The Labute approximate surface area is 181 Å². The van der Waals surface area contributed by atoms with E-state index >= 15 is 0 Å². The Kier molecular flexibility index (Phi) is 6.90. The molecule has 0 bridgehead atoms. The number of nitrogens with one attached hydrogen (secondary N) is 1. The molecule has 1 aromatic heterocycles. The molecule has 2 aromatic carbocycles. The maximum Gasteiger partial charge on any atom is 0.250 e. The van der Waals surface area contributed by atoms with Gasteiger partial charge in [-0.25, -0.2) is 5.43 Å². The summed E-state index contributed by atoms with van der Waals surface area (Å²) in [7, 11) is 0. The molecule has 0 unspecified atom stereocenters. The predicted octanol–water partition coefficient (Wildman–Crippen LogP) is 3.74. The minimum Gasteiger partial charge on any atom is -0.290 e. The van der Waals surface area contributed by atoms with Crippen LogP contribution >= 0.6 is 11.8 Å². The van der Waals surface area contributed by atoms with Gasteiger partial charge in [0.1, 0.15) is 0 Å². The lowest BCUT2D eigenvalue weighted by molar-refractivity contribution is -0.118. The summed E-state index contributed by atoms with van der Waals surface area (Å²) in [5.74, 6) is 0.325. The molecule has 1 amide bonds. The van der Waals surface area contributed by atoms with Gasteiger partial charge >= 0.3 is 0 Å². The normalized spacial score (nSPS) is 14.7. The van der Waals surface area contributed by atoms with Crippen molar-refractivity contribution in [2.45, 2.75) is 11.3 Å². The number of hydrogen-bond acceptors (Lipinski definition) is 5. The van der Waals surface area contributed by atoms with Gasteiger partial charge in [0.2, 0.25) is 5.91 Å². The summed E-state index contributed by atoms with van der Waals surface area (Å²) in [6, 6.07) is 25.2. The minimum absolute atomic E-state index is 0.0822. The second kappa shape index (κ2) is 10.2. The van der Waals surface area contributed by atoms with Crippen LogP contribution in [0.5, 0.6) is 0 Å². The summed E-state index contributed by atoms with van der Waals surface area (Å²) in [6.07, 6.45) is 5.00. The van der Waals surface area contributed by atoms with Gasteiger partial charge in [0.25, 0.3) is 0 Å². The van der Waals surface area contributed by atoms with Crippen LogP contribution in [0.15, 0.2) is 90.3 Å². The van der Waals surface area contributed by atoms with Gasteiger partial charge in [0, 0.05) is 36.3 Å². The Bertz CT molecular complexity index is 921. The van der Waals surface area contributed by atoms with E-state index in [9.17, 15) is 4.79 Å². The molecule has 1 aliphatic heterocycles. The van der Waals surface area contributed by atoms with Gasteiger partial charge < -0.3 is 0 Å². The average molecular weight is 417 g/mol. The van der Waals surface area contributed by atoms with Crippen LogP contribution in [0.2, 0.25) is 0 Å². The van der Waals surface area contributed by atoms with Crippen molar-refractivity contribution < 1.29 is 4.79 Å². The van der Waals surface area contributed by atoms with Crippen molar-refractivity contribution >= 4 is 23.9 Å². The van der Waals surface area contributed by atoms with E-state index in [1.807, 2.05) is 12.1 Å². The number of carbonyl (C=O) groups excluding carboxylic acids is 1. The van der Waals surface area contributed by atoms with Crippen molar-refractivity contribution in [3.63, 3.8) is 0 Å². The minimum atomic E-state index is -0.0822. The van der Waals surface area contributed by atoms with Crippen molar-refractivity contribution in [2.75, 3.05) is 18.8 Å². The van der Waals surface area contributed by atoms with Crippen LogP contribution in [0.4, 0.5) is 0 Å². The molecule has 0 spiro atoms. The number of pyridine rings is 1. The van der Waals surface area contributed by atoms with Gasteiger partial charge in [0.05, 0.1) is 18.0 Å². The van der Waals surface area contributed by atoms with Gasteiger partial charge in [-0.15, -0.1) is 11.8 Å². The number of thioether (sulfide) groups is 1. The molecule has 0 saturated carbocycles. The number of carbonyl (C=O) groups is 1. The first-order valence-electron chi connectivity index (χ1n) is 9.97. The van der Waals surface area contributed by atoms with E-state index in [1.165, 1.54) is 11.1 Å². The first-order chi connectivity index (χ1) is 14.8. The quantitative estimate of drug-likeness (QED) is 0.449. The van der Waals surface area contributed by atoms with Crippen LogP contribution in [0.3, 0.4) is 0 Å². The molecular formula is C24H24N4OS. The highest BCUT2D eigenvalue weighted by atomic mass is 32.2. The maximum atomic E-state index is 12.1. The number of aromatic nitrogens is 1. The molecule has 0 atom stereocenters. The van der Waals surface area contributed by atoms with Crippen molar-refractivity contribution in [2.24, 2.45) is 5.10 Å². The monoisotopic (exact) mass is 416 g/mol. The first kappa shape index (κ1) is 20.3. The molecule has 2 heterocycles. The smallest absolute Gasteiger partial charge is 0.250 e. The molecule has 0 radical (unpaired) electrons. The standard InChI is InChI=1S/C24H24N4OS/c29-23(27-26-15-19-8-7-13-25-14-19)18-30-22-16-28(17-22)24(20-9-3-1-4-10-20)21-11-5-2-6-12-21/h1-15,22,24H,16-18H2,(H,27,29)/b26-15+. The number of benzene rings is 2. The number of rotatable bonds is 8. The molecule has 3 aromatic rings. The lowest BCUT2D eigenvalue weighted by atomic mass is 9.94. The van der Waals surface area contributed by atoms with E-state index in [4.69, 9.17) is 0 Å². The summed E-state index contributed by atoms with van der Waals surface area (Å²) >= 11 is 1.69. The third kappa shape index (κ3) is 5.34. The number of hydrogen-bond donors (Lipinski definition) is 1. The second-order valence-electron chi connectivity index (χ2n) is 7.19. The molecule has 30 heavy (non-hydrogen) atoms. The van der Waals surface area contributed by atoms with Crippen LogP contribution in [-0.2, 0) is 4.79 Å². The summed E-state index contributed by atoms with van der Waals surface area (Å²) in [5.41, 5.74) is 6.04. The molecular weight excluding hydrogens is 392 g/mol. The van der Waals surface area contributed by atoms with Gasteiger partial charge in [-0.2, -0.15) is 5.10 Å². The SMILES string of the molecule is O=C(CSC1CN(C(c2ccccc2)c2ccccc2)C1)N/N=C/c1cccnc1. The molecule has 152 valence electrons. The summed E-state index contributed by atoms with van der Waals surface area (Å²) in [6.45, 7) is 1.93. The highest BCUT2D eigenvalue weighted by Gasteiger charge is 2.34. The van der Waals surface area contributed by atoms with Crippen molar-refractivity contribution in [3.8, 4) is 0 Å². The van der Waals surface area contributed by atoms with Crippen molar-refractivity contribution in [1.29, 1.82) is 0 Å². The van der Waals surface area contributed by atoms with Gasteiger partial charge in [0.15, 0.2) is 0 Å². The summed E-state index contributed by atoms with van der Waals surface area (Å²) < 4.78 is 0. The fourth-order valence-corrected chi connectivity index (χ4v) is 4.57. The van der Waals surface area contributed by atoms with Crippen LogP contribution < -0.4 is 5.43 Å². The first-order valence-corrected chi connectivity index (χ1v) is 11.0. The largest absolute Gasteiger partial charge is 0.290 e. The van der Waals surface area contributed by atoms with Crippen LogP contribution in [0, 0.1) is 0 Å². The third-order valence-corrected chi connectivity index (χ3v) is 6.21. The van der Waals surface area contributed by atoms with Crippen LogP contribution in [0.1, 0.15) is 22.7 Å². The maximum absolute atomic E-state index is 12.1. The van der Waals surface area contributed by atoms with Crippen LogP contribution in [0.25, 0.3) is 0 Å². The molecule has 1 fully saturated rings. The van der Waals surface area contributed by atoms with E-state index in [1.54, 1.807) is 30.4 Å². The molecule has 1 aliphatic rings. The van der Waals surface area contributed by atoms with Gasteiger partial charge in [-0.05, 0) is 17.2 Å². The van der Waals surface area contributed by atoms with Crippen molar-refractivity contribution in [1.82, 2.24) is 15.3 Å². The highest BCUT2D eigenvalue weighted by Crippen LogP contribution is 2.35. The Hall–Kier alpha value is -2.96. The Morgan fingerprint density at radius 2 is 1.73 bits per heavy atom. The lowest BCUT2D eigenvalue weighted by Gasteiger charge is -2.44. The number of amides is 1. The molecule has 0 aliphatic carbocycles. The van der Waals surface area contributed by atoms with Gasteiger partial charge in [-0.1, -0.05) is 66.7 Å². The third-order valence-electron chi connectivity index (χ3n) is 5.01. The van der Waals surface area contributed by atoms with Gasteiger partial charge in [-0.3, -0.25) is 14.7 Å². The zero-order valence-corrected chi connectivity index (χ0v) is 17.4. The average Bonchev–Trinajstić information content (AvgIpc) is 2.77. The fourth-order valence-electron chi connectivity index (χ4n) is 3.53. The molecule has 5 nitrogen and oxygen atoms in total. The van der Waals surface area contributed by atoms with E-state index < -0.39 is 0 Å². The zero-order valence-electron chi connectivity index (χ0n) is 16.6. The Morgan fingerprint density at radius 1 is 1.07 bits per heavy atom. The second-order valence-corrected chi connectivity index (χ2v) is 8.48. The van der Waals surface area contributed by atoms with E-state index in [-0.39, 0.29) is 11.9 Å². The Balaban J connectivity index is 1.27. The molecule has 1 saturated heterocycles. The number of nitrogens with zero attached hydrogens (tertiary/aromatic N) is 3. The van der Waals surface area contributed by atoms with Crippen molar-refractivity contribution in [3.05, 3.63) is 102 Å². The fraction of sp³-hybridized carbons (Fsp3) is 0.208. The zero-order chi connectivity index (χ0) is 20.6.